The molecule has 1 heteroatoms. The van der Waals surface area contributed by atoms with Crippen LogP contribution in [0.3, 0.4) is 0 Å². The Kier molecular flexibility index (Phi) is 3.06. The quantitative estimate of drug-likeness (QED) is 0.749. The third kappa shape index (κ3) is 2.13. The van der Waals surface area contributed by atoms with Gasteiger partial charge in [0.25, 0.3) is 0 Å². The number of benzene rings is 2. The molecule has 3 rings (SSSR count). The summed E-state index contributed by atoms with van der Waals surface area (Å²) in [6.45, 7) is 0. The van der Waals surface area contributed by atoms with Gasteiger partial charge in [0.1, 0.15) is 5.75 Å². The molecule has 1 aliphatic rings. The maximum Gasteiger partial charge on any atom is 0.123 e. The van der Waals surface area contributed by atoms with E-state index in [9.17, 15) is 5.11 Å². The predicted octanol–water partition coefficient (Wildman–Crippen LogP) is 4.89. The second-order valence-corrected chi connectivity index (χ2v) is 5.08. The van der Waals surface area contributed by atoms with E-state index in [4.69, 9.17) is 0 Å². The number of hydrogen-bond acceptors (Lipinski definition) is 1. The second kappa shape index (κ2) is 4.85. The van der Waals surface area contributed by atoms with E-state index in [1.807, 2.05) is 18.2 Å². The smallest absolute Gasteiger partial charge is 0.123 e. The van der Waals surface area contributed by atoms with E-state index in [1.165, 1.54) is 43.1 Å². The fraction of sp³-hybridized carbons (Fsp3) is 0.294. The molecule has 0 bridgehead atoms. The summed E-state index contributed by atoms with van der Waals surface area (Å²) < 4.78 is 0. The van der Waals surface area contributed by atoms with Crippen molar-refractivity contribution in [3.63, 3.8) is 0 Å². The maximum absolute atomic E-state index is 10.1. The first kappa shape index (κ1) is 11.3. The number of rotatable bonds is 1. The van der Waals surface area contributed by atoms with E-state index in [1.54, 1.807) is 6.07 Å². The Labute approximate surface area is 108 Å². The van der Waals surface area contributed by atoms with Gasteiger partial charge in [0.15, 0.2) is 0 Å². The summed E-state index contributed by atoms with van der Waals surface area (Å²) in [5.74, 6) is 0.395. The van der Waals surface area contributed by atoms with E-state index in [2.05, 4.69) is 18.2 Å². The van der Waals surface area contributed by atoms with Crippen LogP contribution in [0.25, 0.3) is 16.8 Å². The highest BCUT2D eigenvalue weighted by atomic mass is 16.3. The Balaban J connectivity index is 2.12. The molecule has 1 aliphatic carbocycles. The zero-order chi connectivity index (χ0) is 12.4. The van der Waals surface area contributed by atoms with Crippen molar-refractivity contribution in [2.75, 3.05) is 0 Å². The molecule has 2 aromatic rings. The van der Waals surface area contributed by atoms with Crippen molar-refractivity contribution in [1.29, 1.82) is 0 Å². The molecule has 0 heterocycles. The van der Waals surface area contributed by atoms with Crippen LogP contribution >= 0.6 is 0 Å². The first-order valence-electron chi connectivity index (χ1n) is 6.75. The number of hydrogen-bond donors (Lipinski definition) is 1. The molecule has 0 saturated heterocycles. The summed E-state index contributed by atoms with van der Waals surface area (Å²) in [4.78, 5) is 0. The van der Waals surface area contributed by atoms with Crippen LogP contribution in [0.1, 0.15) is 37.7 Å². The van der Waals surface area contributed by atoms with Gasteiger partial charge in [-0.2, -0.15) is 0 Å². The molecule has 92 valence electrons. The van der Waals surface area contributed by atoms with Crippen LogP contribution in [-0.2, 0) is 0 Å². The van der Waals surface area contributed by atoms with Crippen LogP contribution in [0.2, 0.25) is 0 Å². The van der Waals surface area contributed by atoms with Crippen molar-refractivity contribution in [1.82, 2.24) is 0 Å². The zero-order valence-electron chi connectivity index (χ0n) is 10.5. The summed E-state index contributed by atoms with van der Waals surface area (Å²) in [6, 6.07) is 12.0. The Morgan fingerprint density at radius 1 is 0.889 bits per heavy atom. The third-order valence-corrected chi connectivity index (χ3v) is 3.79. The Bertz CT molecular complexity index is 588. The van der Waals surface area contributed by atoms with Crippen molar-refractivity contribution in [3.8, 4) is 5.75 Å². The molecule has 1 N–H and O–H groups in total. The molecule has 0 radical (unpaired) electrons. The normalized spacial score (nSPS) is 15.9. The molecule has 0 amide bonds. The van der Waals surface area contributed by atoms with Crippen molar-refractivity contribution < 1.29 is 5.11 Å². The first-order valence-corrected chi connectivity index (χ1v) is 6.75. The molecular weight excluding hydrogens is 220 g/mol. The van der Waals surface area contributed by atoms with Gasteiger partial charge in [-0.3, -0.25) is 0 Å². The lowest BCUT2D eigenvalue weighted by atomic mass is 9.92. The van der Waals surface area contributed by atoms with Crippen LogP contribution in [0.15, 0.2) is 42.0 Å². The summed E-state index contributed by atoms with van der Waals surface area (Å²) in [5.41, 5.74) is 2.47. The van der Waals surface area contributed by atoms with Gasteiger partial charge >= 0.3 is 0 Å². The Morgan fingerprint density at radius 3 is 2.50 bits per heavy atom. The van der Waals surface area contributed by atoms with Gasteiger partial charge in [0.05, 0.1) is 0 Å². The lowest BCUT2D eigenvalue weighted by molar-refractivity contribution is 0.475. The summed E-state index contributed by atoms with van der Waals surface area (Å²) in [5, 5.41) is 12.4. The number of phenols is 1. The average Bonchev–Trinajstić information content (AvgIpc) is 2.43. The van der Waals surface area contributed by atoms with Gasteiger partial charge in [-0.15, -0.1) is 0 Å². The van der Waals surface area contributed by atoms with E-state index in [0.29, 0.717) is 5.75 Å². The van der Waals surface area contributed by atoms with Gasteiger partial charge in [0, 0.05) is 5.56 Å². The minimum atomic E-state index is 0.395. The van der Waals surface area contributed by atoms with Crippen LogP contribution in [0.4, 0.5) is 0 Å². The lowest BCUT2D eigenvalue weighted by Gasteiger charge is -2.14. The molecule has 0 atom stereocenters. The summed E-state index contributed by atoms with van der Waals surface area (Å²) in [6.07, 6.45) is 8.50. The van der Waals surface area contributed by atoms with E-state index in [0.717, 1.165) is 10.9 Å². The highest BCUT2D eigenvalue weighted by Gasteiger charge is 2.09. The van der Waals surface area contributed by atoms with Crippen LogP contribution in [0.5, 0.6) is 5.75 Å². The second-order valence-electron chi connectivity index (χ2n) is 5.08. The van der Waals surface area contributed by atoms with Crippen LogP contribution in [0, 0.1) is 0 Å². The molecular formula is C17H18O. The largest absolute Gasteiger partial charge is 0.507 e. The predicted molar refractivity (Wildman–Crippen MR) is 76.7 cm³/mol. The lowest BCUT2D eigenvalue weighted by Crippen LogP contribution is -1.93. The highest BCUT2D eigenvalue weighted by molar-refractivity contribution is 5.93. The fourth-order valence-electron chi connectivity index (χ4n) is 2.79. The van der Waals surface area contributed by atoms with E-state index in [-0.39, 0.29) is 0 Å². The van der Waals surface area contributed by atoms with Gasteiger partial charge in [-0.1, -0.05) is 48.4 Å². The molecule has 0 aliphatic heterocycles. The molecule has 1 saturated carbocycles. The SMILES string of the molecule is Oc1ccc2ccccc2c1C=C1CCCCC1. The van der Waals surface area contributed by atoms with Crippen molar-refractivity contribution in [3.05, 3.63) is 47.5 Å². The maximum atomic E-state index is 10.1. The van der Waals surface area contributed by atoms with Gasteiger partial charge in [-0.25, -0.2) is 0 Å². The minimum Gasteiger partial charge on any atom is -0.507 e. The van der Waals surface area contributed by atoms with Crippen molar-refractivity contribution in [2.24, 2.45) is 0 Å². The van der Waals surface area contributed by atoms with Crippen LogP contribution in [-0.4, -0.2) is 5.11 Å². The van der Waals surface area contributed by atoms with E-state index < -0.39 is 0 Å². The molecule has 1 nitrogen and oxygen atoms in total. The number of fused-ring (bicyclic) bond motifs is 1. The standard InChI is InChI=1S/C17H18O/c18-17-11-10-14-8-4-5-9-15(14)16(17)12-13-6-2-1-3-7-13/h4-5,8-12,18H,1-3,6-7H2. The van der Waals surface area contributed by atoms with Gasteiger partial charge in [-0.05, 0) is 42.5 Å². The zero-order valence-corrected chi connectivity index (χ0v) is 10.5. The fourth-order valence-corrected chi connectivity index (χ4v) is 2.79. The van der Waals surface area contributed by atoms with Gasteiger partial charge in [0.2, 0.25) is 0 Å². The topological polar surface area (TPSA) is 20.2 Å². The van der Waals surface area contributed by atoms with Gasteiger partial charge < -0.3 is 5.11 Å². The number of allylic oxidation sites excluding steroid dienone is 1. The minimum absolute atomic E-state index is 0.395. The monoisotopic (exact) mass is 238 g/mol. The highest BCUT2D eigenvalue weighted by Crippen LogP contribution is 2.32. The van der Waals surface area contributed by atoms with Crippen molar-refractivity contribution >= 4 is 16.8 Å². The summed E-state index contributed by atoms with van der Waals surface area (Å²) in [7, 11) is 0. The number of phenolic OH excluding ortho intramolecular Hbond substituents is 1. The number of aromatic hydroxyl groups is 1. The first-order chi connectivity index (χ1) is 8.84. The molecule has 0 unspecified atom stereocenters. The van der Waals surface area contributed by atoms with Crippen LogP contribution < -0.4 is 0 Å². The Morgan fingerprint density at radius 2 is 1.67 bits per heavy atom. The Hall–Kier alpha value is -1.76. The third-order valence-electron chi connectivity index (χ3n) is 3.79. The summed E-state index contributed by atoms with van der Waals surface area (Å²) >= 11 is 0. The molecule has 1 fully saturated rings. The van der Waals surface area contributed by atoms with Crippen molar-refractivity contribution in [2.45, 2.75) is 32.1 Å². The van der Waals surface area contributed by atoms with E-state index >= 15 is 0 Å². The average molecular weight is 238 g/mol. The molecule has 0 spiro atoms. The molecule has 0 aromatic heterocycles. The molecule has 2 aromatic carbocycles. The molecule has 18 heavy (non-hydrogen) atoms.